The Morgan fingerprint density at radius 1 is 1.50 bits per heavy atom. The number of hydrogen-bond donors (Lipinski definition) is 0. The van der Waals surface area contributed by atoms with Gasteiger partial charge in [0.2, 0.25) is 5.88 Å². The van der Waals surface area contributed by atoms with Crippen LogP contribution in [0, 0.1) is 11.3 Å². The first-order chi connectivity index (χ1) is 7.88. The summed E-state index contributed by atoms with van der Waals surface area (Å²) in [4.78, 5) is 4.04. The molecule has 1 aliphatic rings. The predicted molar refractivity (Wildman–Crippen MR) is 58.0 cm³/mol. The molecule has 1 aromatic rings. The quantitative estimate of drug-likeness (QED) is 0.777. The van der Waals surface area contributed by atoms with Crippen molar-refractivity contribution in [2.24, 2.45) is 0 Å². The van der Waals surface area contributed by atoms with E-state index in [9.17, 15) is 0 Å². The van der Waals surface area contributed by atoms with Crippen molar-refractivity contribution in [2.75, 3.05) is 13.2 Å². The van der Waals surface area contributed by atoms with E-state index in [1.165, 1.54) is 6.42 Å². The van der Waals surface area contributed by atoms with Crippen molar-refractivity contribution in [1.29, 1.82) is 5.26 Å². The van der Waals surface area contributed by atoms with E-state index in [1.807, 2.05) is 6.07 Å². The van der Waals surface area contributed by atoms with Gasteiger partial charge >= 0.3 is 0 Å². The van der Waals surface area contributed by atoms with Crippen LogP contribution < -0.4 is 4.74 Å². The van der Waals surface area contributed by atoms with Gasteiger partial charge in [0.1, 0.15) is 18.4 Å². The molecule has 0 unspecified atom stereocenters. The minimum absolute atomic E-state index is 0.168. The van der Waals surface area contributed by atoms with Crippen LogP contribution in [0.3, 0.4) is 0 Å². The Labute approximate surface area is 94.8 Å². The number of ether oxygens (including phenoxy) is 2. The van der Waals surface area contributed by atoms with Crippen LogP contribution in [0.15, 0.2) is 18.2 Å². The number of nitriles is 1. The first-order valence-corrected chi connectivity index (χ1v) is 5.50. The first kappa shape index (κ1) is 10.9. The third kappa shape index (κ3) is 2.94. The molecule has 0 radical (unpaired) electrons. The normalized spacial score (nSPS) is 20.1. The zero-order valence-corrected chi connectivity index (χ0v) is 9.06. The molecule has 0 amide bonds. The molecule has 2 rings (SSSR count). The van der Waals surface area contributed by atoms with Gasteiger partial charge in [-0.15, -0.1) is 0 Å². The Kier molecular flexibility index (Phi) is 3.73. The molecule has 16 heavy (non-hydrogen) atoms. The Morgan fingerprint density at radius 3 is 3.19 bits per heavy atom. The average molecular weight is 218 g/mol. The van der Waals surface area contributed by atoms with E-state index in [2.05, 4.69) is 4.98 Å². The molecule has 1 fully saturated rings. The molecule has 0 saturated carbocycles. The third-order valence-electron chi connectivity index (χ3n) is 2.53. The van der Waals surface area contributed by atoms with Gasteiger partial charge in [-0.05, 0) is 25.3 Å². The molecular weight excluding hydrogens is 204 g/mol. The molecule has 1 aliphatic heterocycles. The van der Waals surface area contributed by atoms with Crippen LogP contribution in [-0.2, 0) is 4.74 Å². The Bertz CT molecular complexity index is 381. The highest BCUT2D eigenvalue weighted by molar-refractivity contribution is 5.24. The van der Waals surface area contributed by atoms with Crippen LogP contribution in [-0.4, -0.2) is 24.3 Å². The fourth-order valence-corrected chi connectivity index (χ4v) is 1.67. The van der Waals surface area contributed by atoms with Crippen LogP contribution in [0.4, 0.5) is 0 Å². The highest BCUT2D eigenvalue weighted by atomic mass is 16.5. The molecule has 1 atom stereocenters. The number of aromatic nitrogens is 1. The van der Waals surface area contributed by atoms with Crippen LogP contribution in [0.25, 0.3) is 0 Å². The van der Waals surface area contributed by atoms with Gasteiger partial charge in [-0.3, -0.25) is 0 Å². The van der Waals surface area contributed by atoms with Crippen molar-refractivity contribution in [1.82, 2.24) is 4.98 Å². The second-order valence-electron chi connectivity index (χ2n) is 3.77. The summed E-state index contributed by atoms with van der Waals surface area (Å²) < 4.78 is 11.0. The number of rotatable bonds is 3. The van der Waals surface area contributed by atoms with Crippen molar-refractivity contribution in [3.05, 3.63) is 23.9 Å². The molecule has 84 valence electrons. The Hall–Kier alpha value is -1.60. The summed E-state index contributed by atoms with van der Waals surface area (Å²) in [6.07, 6.45) is 3.54. The van der Waals surface area contributed by atoms with Gasteiger partial charge in [0, 0.05) is 12.7 Å². The monoisotopic (exact) mass is 218 g/mol. The summed E-state index contributed by atoms with van der Waals surface area (Å²) in [5, 5.41) is 8.69. The molecule has 2 heterocycles. The van der Waals surface area contributed by atoms with Gasteiger partial charge in [-0.1, -0.05) is 6.07 Å². The zero-order chi connectivity index (χ0) is 11.2. The lowest BCUT2D eigenvalue weighted by atomic mass is 10.1. The summed E-state index contributed by atoms with van der Waals surface area (Å²) in [5.74, 6) is 0.494. The fraction of sp³-hybridized carbons (Fsp3) is 0.500. The fourth-order valence-electron chi connectivity index (χ4n) is 1.67. The van der Waals surface area contributed by atoms with E-state index in [-0.39, 0.29) is 6.10 Å². The van der Waals surface area contributed by atoms with Gasteiger partial charge in [-0.2, -0.15) is 5.26 Å². The maximum Gasteiger partial charge on any atom is 0.214 e. The second-order valence-corrected chi connectivity index (χ2v) is 3.77. The number of pyridine rings is 1. The largest absolute Gasteiger partial charge is 0.475 e. The molecule has 0 aromatic carbocycles. The topological polar surface area (TPSA) is 55.1 Å². The Morgan fingerprint density at radius 2 is 2.44 bits per heavy atom. The zero-order valence-electron chi connectivity index (χ0n) is 9.06. The molecule has 4 nitrogen and oxygen atoms in total. The van der Waals surface area contributed by atoms with E-state index < -0.39 is 0 Å². The standard InChI is InChI=1S/C12H14N2O2/c13-8-10-4-3-6-12(14-10)16-9-11-5-1-2-7-15-11/h3-4,6,11H,1-2,5,7,9H2/t11-/m1/s1. The predicted octanol–water partition coefficient (Wildman–Crippen LogP) is 1.90. The number of hydrogen-bond acceptors (Lipinski definition) is 4. The van der Waals surface area contributed by atoms with Crippen molar-refractivity contribution in [2.45, 2.75) is 25.4 Å². The molecule has 0 bridgehead atoms. The van der Waals surface area contributed by atoms with Crippen LogP contribution in [0.2, 0.25) is 0 Å². The highest BCUT2D eigenvalue weighted by Gasteiger charge is 2.14. The molecule has 1 aromatic heterocycles. The van der Waals surface area contributed by atoms with Gasteiger partial charge in [0.05, 0.1) is 6.10 Å². The lowest BCUT2D eigenvalue weighted by molar-refractivity contribution is -0.0119. The maximum absolute atomic E-state index is 8.69. The summed E-state index contributed by atoms with van der Waals surface area (Å²) in [6.45, 7) is 1.33. The smallest absolute Gasteiger partial charge is 0.214 e. The van der Waals surface area contributed by atoms with E-state index in [1.54, 1.807) is 18.2 Å². The molecule has 0 spiro atoms. The molecular formula is C12H14N2O2. The van der Waals surface area contributed by atoms with Crippen LogP contribution in [0.1, 0.15) is 25.0 Å². The minimum Gasteiger partial charge on any atom is -0.475 e. The van der Waals surface area contributed by atoms with Gasteiger partial charge in [0.25, 0.3) is 0 Å². The van der Waals surface area contributed by atoms with E-state index in [4.69, 9.17) is 14.7 Å². The lowest BCUT2D eigenvalue weighted by Crippen LogP contribution is -2.26. The summed E-state index contributed by atoms with van der Waals surface area (Å²) in [7, 11) is 0. The first-order valence-electron chi connectivity index (χ1n) is 5.50. The van der Waals surface area contributed by atoms with Gasteiger partial charge in [-0.25, -0.2) is 4.98 Å². The number of nitrogens with zero attached hydrogens (tertiary/aromatic N) is 2. The molecule has 0 N–H and O–H groups in total. The average Bonchev–Trinajstić information content (AvgIpc) is 2.38. The maximum atomic E-state index is 8.69. The molecule has 0 aliphatic carbocycles. The van der Waals surface area contributed by atoms with E-state index in [0.717, 1.165) is 19.4 Å². The van der Waals surface area contributed by atoms with Gasteiger partial charge < -0.3 is 9.47 Å². The van der Waals surface area contributed by atoms with E-state index in [0.29, 0.717) is 18.2 Å². The summed E-state index contributed by atoms with van der Waals surface area (Å²) in [6, 6.07) is 7.16. The Balaban J connectivity index is 1.86. The van der Waals surface area contributed by atoms with Crippen molar-refractivity contribution in [3.8, 4) is 11.9 Å². The van der Waals surface area contributed by atoms with Gasteiger partial charge in [0.15, 0.2) is 0 Å². The van der Waals surface area contributed by atoms with Crippen molar-refractivity contribution in [3.63, 3.8) is 0 Å². The lowest BCUT2D eigenvalue weighted by Gasteiger charge is -2.22. The summed E-state index contributed by atoms with van der Waals surface area (Å²) in [5.41, 5.74) is 0.377. The van der Waals surface area contributed by atoms with E-state index >= 15 is 0 Å². The molecule has 1 saturated heterocycles. The molecule has 4 heteroatoms. The SMILES string of the molecule is N#Cc1cccc(OC[C@H]2CCCCO2)n1. The highest BCUT2D eigenvalue weighted by Crippen LogP contribution is 2.14. The van der Waals surface area contributed by atoms with Crippen LogP contribution >= 0.6 is 0 Å². The van der Waals surface area contributed by atoms with Crippen molar-refractivity contribution >= 4 is 0 Å². The van der Waals surface area contributed by atoms with Crippen molar-refractivity contribution < 1.29 is 9.47 Å². The van der Waals surface area contributed by atoms with Crippen LogP contribution in [0.5, 0.6) is 5.88 Å². The minimum atomic E-state index is 0.168. The summed E-state index contributed by atoms with van der Waals surface area (Å²) >= 11 is 0. The third-order valence-corrected chi connectivity index (χ3v) is 2.53. The second kappa shape index (κ2) is 5.47.